The van der Waals surface area contributed by atoms with Gasteiger partial charge in [-0.1, -0.05) is 6.92 Å². The summed E-state index contributed by atoms with van der Waals surface area (Å²) in [7, 11) is 0. The molecule has 0 bridgehead atoms. The Labute approximate surface area is 96.3 Å². The van der Waals surface area contributed by atoms with Crippen molar-refractivity contribution in [2.75, 3.05) is 19.7 Å². The minimum Gasteiger partial charge on any atom is -0.385 e. The molecule has 0 spiro atoms. The number of carbonyl (C=O) groups is 1. The van der Waals surface area contributed by atoms with Crippen LogP contribution >= 0.6 is 0 Å². The molecule has 1 rings (SSSR count). The summed E-state index contributed by atoms with van der Waals surface area (Å²) in [4.78, 5) is 11.6. The van der Waals surface area contributed by atoms with Crippen LogP contribution in [-0.2, 0) is 9.53 Å². The highest BCUT2D eigenvalue weighted by molar-refractivity contribution is 5.78. The lowest BCUT2D eigenvalue weighted by Crippen LogP contribution is -2.48. The highest BCUT2D eigenvalue weighted by Crippen LogP contribution is 2.24. The van der Waals surface area contributed by atoms with Crippen molar-refractivity contribution in [3.8, 4) is 0 Å². The summed E-state index contributed by atoms with van der Waals surface area (Å²) in [5.74, 6) is -0.163. The summed E-state index contributed by atoms with van der Waals surface area (Å²) in [6.45, 7) is 4.95. The smallest absolute Gasteiger partial charge is 0.222 e. The van der Waals surface area contributed by atoms with E-state index in [1.165, 1.54) is 0 Å². The van der Waals surface area contributed by atoms with Gasteiger partial charge in [-0.15, -0.1) is 0 Å². The second-order valence-electron chi connectivity index (χ2n) is 4.56. The number of nitrogens with two attached hydrogens (primary N) is 1. The Morgan fingerprint density at radius 1 is 1.75 bits per heavy atom. The highest BCUT2D eigenvalue weighted by atomic mass is 16.5. The van der Waals surface area contributed by atoms with Crippen molar-refractivity contribution in [1.29, 1.82) is 0 Å². The van der Waals surface area contributed by atoms with Crippen LogP contribution in [0, 0.1) is 5.92 Å². The minimum absolute atomic E-state index is 0.0574. The van der Waals surface area contributed by atoms with Crippen LogP contribution in [0.2, 0.25) is 0 Å². The fourth-order valence-electron chi connectivity index (χ4n) is 1.80. The van der Waals surface area contributed by atoms with E-state index in [4.69, 9.17) is 10.5 Å². The van der Waals surface area contributed by atoms with E-state index < -0.39 is 5.60 Å². The summed E-state index contributed by atoms with van der Waals surface area (Å²) in [6.07, 6.45) is 1.01. The van der Waals surface area contributed by atoms with Crippen LogP contribution in [0.15, 0.2) is 0 Å². The van der Waals surface area contributed by atoms with Crippen LogP contribution in [0.5, 0.6) is 0 Å². The van der Waals surface area contributed by atoms with Gasteiger partial charge in [0.2, 0.25) is 5.91 Å². The van der Waals surface area contributed by atoms with Gasteiger partial charge in [-0.05, 0) is 19.9 Å². The third-order valence-electron chi connectivity index (χ3n) is 3.28. The molecule has 1 fully saturated rings. The largest absolute Gasteiger partial charge is 0.385 e. The molecule has 0 aromatic heterocycles. The number of nitrogens with one attached hydrogen (secondary N) is 1. The lowest BCUT2D eigenvalue weighted by atomic mass is 9.96. The maximum absolute atomic E-state index is 11.6. The van der Waals surface area contributed by atoms with Gasteiger partial charge in [0.1, 0.15) is 5.60 Å². The number of amides is 1. The van der Waals surface area contributed by atoms with E-state index in [1.54, 1.807) is 0 Å². The van der Waals surface area contributed by atoms with Gasteiger partial charge >= 0.3 is 0 Å². The predicted octanol–water partition coefficient (Wildman–Crippen LogP) is -0.373. The summed E-state index contributed by atoms with van der Waals surface area (Å²) in [5.41, 5.74) is 4.47. The number of aliphatic hydroxyl groups is 1. The quantitative estimate of drug-likeness (QED) is 0.601. The van der Waals surface area contributed by atoms with Gasteiger partial charge in [0.25, 0.3) is 0 Å². The molecule has 1 aliphatic rings. The molecule has 3 atom stereocenters. The van der Waals surface area contributed by atoms with Crippen molar-refractivity contribution in [1.82, 2.24) is 5.32 Å². The topological polar surface area (TPSA) is 84.6 Å². The molecule has 0 radical (unpaired) electrons. The fraction of sp³-hybridized carbons (Fsp3) is 0.909. The predicted molar refractivity (Wildman–Crippen MR) is 60.8 cm³/mol. The molecule has 0 aromatic rings. The first-order chi connectivity index (χ1) is 7.49. The van der Waals surface area contributed by atoms with E-state index in [2.05, 4.69) is 5.32 Å². The first-order valence-corrected chi connectivity index (χ1v) is 5.81. The van der Waals surface area contributed by atoms with E-state index in [0.29, 0.717) is 26.0 Å². The second-order valence-corrected chi connectivity index (χ2v) is 4.56. The molecule has 0 saturated carbocycles. The Morgan fingerprint density at radius 3 is 2.94 bits per heavy atom. The van der Waals surface area contributed by atoms with Crippen molar-refractivity contribution in [3.05, 3.63) is 0 Å². The van der Waals surface area contributed by atoms with Crippen LogP contribution < -0.4 is 11.1 Å². The standard InChI is InChI=1S/C11H22N2O3/c1-8(3-5-12)10(14)13-7-11(15)4-6-16-9(11)2/h8-9,15H,3-7,12H2,1-2H3,(H,13,14). The fourth-order valence-corrected chi connectivity index (χ4v) is 1.80. The molecule has 1 saturated heterocycles. The number of hydrogen-bond donors (Lipinski definition) is 3. The van der Waals surface area contributed by atoms with E-state index in [-0.39, 0.29) is 24.5 Å². The van der Waals surface area contributed by atoms with Crippen LogP contribution in [0.3, 0.4) is 0 Å². The molecule has 94 valence electrons. The molecule has 1 heterocycles. The monoisotopic (exact) mass is 230 g/mol. The zero-order valence-electron chi connectivity index (χ0n) is 10.0. The third kappa shape index (κ3) is 3.17. The van der Waals surface area contributed by atoms with E-state index in [0.717, 1.165) is 0 Å². The molecule has 5 heteroatoms. The van der Waals surface area contributed by atoms with Crippen molar-refractivity contribution < 1.29 is 14.6 Å². The van der Waals surface area contributed by atoms with Gasteiger partial charge in [0.05, 0.1) is 6.10 Å². The van der Waals surface area contributed by atoms with Crippen molar-refractivity contribution >= 4 is 5.91 Å². The normalized spacial score (nSPS) is 31.4. The van der Waals surface area contributed by atoms with Crippen LogP contribution in [0.25, 0.3) is 0 Å². The van der Waals surface area contributed by atoms with Gasteiger partial charge in [-0.2, -0.15) is 0 Å². The minimum atomic E-state index is -0.919. The van der Waals surface area contributed by atoms with Crippen LogP contribution in [0.1, 0.15) is 26.7 Å². The Morgan fingerprint density at radius 2 is 2.44 bits per heavy atom. The van der Waals surface area contributed by atoms with Crippen LogP contribution in [-0.4, -0.2) is 42.4 Å². The number of hydrogen-bond acceptors (Lipinski definition) is 4. The summed E-state index contributed by atoms with van der Waals surface area (Å²) in [6, 6.07) is 0. The van der Waals surface area contributed by atoms with Crippen molar-refractivity contribution in [2.45, 2.75) is 38.4 Å². The maximum atomic E-state index is 11.6. The zero-order valence-corrected chi connectivity index (χ0v) is 10.0. The third-order valence-corrected chi connectivity index (χ3v) is 3.28. The Kier molecular flexibility index (Phi) is 4.70. The van der Waals surface area contributed by atoms with E-state index >= 15 is 0 Å². The number of rotatable bonds is 5. The molecule has 5 nitrogen and oxygen atoms in total. The number of carbonyl (C=O) groups excluding carboxylic acids is 1. The molecule has 0 aliphatic carbocycles. The zero-order chi connectivity index (χ0) is 12.2. The Hall–Kier alpha value is -0.650. The lowest BCUT2D eigenvalue weighted by molar-refractivity contribution is -0.126. The van der Waals surface area contributed by atoms with Gasteiger partial charge in [-0.25, -0.2) is 0 Å². The van der Waals surface area contributed by atoms with Crippen LogP contribution in [0.4, 0.5) is 0 Å². The molecule has 4 N–H and O–H groups in total. The maximum Gasteiger partial charge on any atom is 0.222 e. The van der Waals surface area contributed by atoms with Crippen molar-refractivity contribution in [3.63, 3.8) is 0 Å². The summed E-state index contributed by atoms with van der Waals surface area (Å²) < 4.78 is 5.29. The lowest BCUT2D eigenvalue weighted by Gasteiger charge is -2.26. The number of ether oxygens (including phenoxy) is 1. The molecular weight excluding hydrogens is 208 g/mol. The Bertz CT molecular complexity index is 247. The molecule has 1 aliphatic heterocycles. The van der Waals surface area contributed by atoms with Gasteiger partial charge in [0, 0.05) is 25.5 Å². The highest BCUT2D eigenvalue weighted by Gasteiger charge is 2.39. The average molecular weight is 230 g/mol. The first-order valence-electron chi connectivity index (χ1n) is 5.81. The second kappa shape index (κ2) is 5.61. The SMILES string of the molecule is CC(CCN)C(=O)NCC1(O)CCOC1C. The van der Waals surface area contributed by atoms with Gasteiger partial charge in [0.15, 0.2) is 0 Å². The van der Waals surface area contributed by atoms with Gasteiger partial charge in [-0.3, -0.25) is 4.79 Å². The van der Waals surface area contributed by atoms with Crippen molar-refractivity contribution in [2.24, 2.45) is 11.7 Å². The molecule has 1 amide bonds. The summed E-state index contributed by atoms with van der Waals surface area (Å²) >= 11 is 0. The van der Waals surface area contributed by atoms with Gasteiger partial charge < -0.3 is 20.9 Å². The molecule has 16 heavy (non-hydrogen) atoms. The first kappa shape index (κ1) is 13.4. The molecule has 3 unspecified atom stereocenters. The molecular formula is C11H22N2O3. The molecule has 0 aromatic carbocycles. The summed E-state index contributed by atoms with van der Waals surface area (Å²) in [5, 5.41) is 12.9. The van der Waals surface area contributed by atoms with E-state index in [1.807, 2.05) is 13.8 Å². The Balaban J connectivity index is 2.36. The average Bonchev–Trinajstić information content (AvgIpc) is 2.57. The van der Waals surface area contributed by atoms with E-state index in [9.17, 15) is 9.90 Å².